The van der Waals surface area contributed by atoms with E-state index in [1.165, 1.54) is 0 Å². The molecule has 0 aliphatic rings. The van der Waals surface area contributed by atoms with Crippen LogP contribution < -0.4 is 5.32 Å². The van der Waals surface area contributed by atoms with Crippen molar-refractivity contribution in [1.29, 1.82) is 0 Å². The highest BCUT2D eigenvalue weighted by molar-refractivity contribution is 5.74. The fourth-order valence-corrected chi connectivity index (χ4v) is 0.859. The molecule has 72 valence electrons. The van der Waals surface area contributed by atoms with Crippen LogP contribution in [0.5, 0.6) is 0 Å². The van der Waals surface area contributed by atoms with Crippen LogP contribution in [0.15, 0.2) is 0 Å². The van der Waals surface area contributed by atoms with Crippen LogP contribution in [0.3, 0.4) is 0 Å². The largest absolute Gasteiger partial charge is 0.394 e. The van der Waals surface area contributed by atoms with E-state index in [1.54, 1.807) is 11.8 Å². The summed E-state index contributed by atoms with van der Waals surface area (Å²) in [5, 5.41) is 11.3. The Labute approximate surface area is 73.6 Å². The molecule has 0 spiro atoms. The van der Waals surface area contributed by atoms with Gasteiger partial charge in [-0.3, -0.25) is 0 Å². The predicted molar refractivity (Wildman–Crippen MR) is 48.0 cm³/mol. The zero-order chi connectivity index (χ0) is 9.56. The average molecular weight is 174 g/mol. The number of aliphatic hydroxyl groups is 1. The van der Waals surface area contributed by atoms with Gasteiger partial charge in [0.2, 0.25) is 0 Å². The minimum absolute atomic E-state index is 0.0208. The van der Waals surface area contributed by atoms with Gasteiger partial charge in [0.1, 0.15) is 0 Å². The first-order chi connectivity index (χ1) is 5.65. The van der Waals surface area contributed by atoms with Crippen LogP contribution in [-0.2, 0) is 0 Å². The lowest BCUT2D eigenvalue weighted by molar-refractivity contribution is 0.189. The summed E-state index contributed by atoms with van der Waals surface area (Å²) in [6.07, 6.45) is 0. The number of nitrogens with one attached hydrogen (secondary N) is 1. The molecule has 0 heterocycles. The number of nitrogens with zero attached hydrogens (tertiary/aromatic N) is 1. The molecule has 0 aromatic rings. The molecular weight excluding hydrogens is 156 g/mol. The highest BCUT2D eigenvalue weighted by atomic mass is 16.3. The zero-order valence-electron chi connectivity index (χ0n) is 8.00. The van der Waals surface area contributed by atoms with Crippen molar-refractivity contribution in [3.63, 3.8) is 0 Å². The predicted octanol–water partition coefficient (Wildman–Crippen LogP) is 0.419. The number of carbonyl (C=O) groups is 1. The second-order valence-corrected chi connectivity index (χ2v) is 2.71. The van der Waals surface area contributed by atoms with E-state index >= 15 is 0 Å². The smallest absolute Gasteiger partial charge is 0.317 e. The first-order valence-corrected chi connectivity index (χ1v) is 4.31. The van der Waals surface area contributed by atoms with Crippen LogP contribution in [-0.4, -0.2) is 41.8 Å². The molecule has 2 N–H and O–H groups in total. The SMILES string of the molecule is CCN(CC)C(=O)N[C@@H](C)CO. The molecule has 0 aliphatic heterocycles. The molecule has 12 heavy (non-hydrogen) atoms. The third-order valence-electron chi connectivity index (χ3n) is 1.69. The molecule has 4 heteroatoms. The van der Waals surface area contributed by atoms with Gasteiger partial charge in [-0.2, -0.15) is 0 Å². The van der Waals surface area contributed by atoms with Crippen LogP contribution in [0.2, 0.25) is 0 Å². The van der Waals surface area contributed by atoms with Crippen LogP contribution in [0, 0.1) is 0 Å². The molecule has 0 fully saturated rings. The van der Waals surface area contributed by atoms with Gasteiger partial charge in [0.15, 0.2) is 0 Å². The molecule has 0 saturated heterocycles. The number of hydrogen-bond acceptors (Lipinski definition) is 2. The molecule has 0 aromatic carbocycles. The molecule has 2 amide bonds. The monoisotopic (exact) mass is 174 g/mol. The van der Waals surface area contributed by atoms with Crippen molar-refractivity contribution in [2.75, 3.05) is 19.7 Å². The van der Waals surface area contributed by atoms with Gasteiger partial charge in [0.05, 0.1) is 12.6 Å². The summed E-state index contributed by atoms with van der Waals surface area (Å²) in [6, 6.07) is -0.278. The van der Waals surface area contributed by atoms with Gasteiger partial charge in [-0.05, 0) is 20.8 Å². The normalized spacial score (nSPS) is 12.3. The average Bonchev–Trinajstić information content (AvgIpc) is 2.06. The Hall–Kier alpha value is -0.770. The molecule has 0 aromatic heterocycles. The van der Waals surface area contributed by atoms with Crippen molar-refractivity contribution >= 4 is 6.03 Å². The van der Waals surface area contributed by atoms with E-state index in [0.717, 1.165) is 0 Å². The van der Waals surface area contributed by atoms with Gasteiger partial charge >= 0.3 is 6.03 Å². The maximum Gasteiger partial charge on any atom is 0.317 e. The molecule has 0 rings (SSSR count). The van der Waals surface area contributed by atoms with Crippen molar-refractivity contribution in [1.82, 2.24) is 10.2 Å². The van der Waals surface area contributed by atoms with Crippen molar-refractivity contribution in [2.45, 2.75) is 26.8 Å². The molecule has 4 nitrogen and oxygen atoms in total. The lowest BCUT2D eigenvalue weighted by atomic mass is 10.4. The molecule has 0 aliphatic carbocycles. The lowest BCUT2D eigenvalue weighted by Gasteiger charge is -2.21. The summed E-state index contributed by atoms with van der Waals surface area (Å²) in [5.41, 5.74) is 0. The third kappa shape index (κ3) is 3.57. The van der Waals surface area contributed by atoms with Crippen molar-refractivity contribution in [3.8, 4) is 0 Å². The number of aliphatic hydroxyl groups excluding tert-OH is 1. The molecule has 0 unspecified atom stereocenters. The molecule has 0 radical (unpaired) electrons. The Balaban J connectivity index is 3.84. The minimum atomic E-state index is -0.168. The number of urea groups is 1. The zero-order valence-corrected chi connectivity index (χ0v) is 8.00. The van der Waals surface area contributed by atoms with E-state index in [1.807, 2.05) is 13.8 Å². The Morgan fingerprint density at radius 1 is 1.50 bits per heavy atom. The minimum Gasteiger partial charge on any atom is -0.394 e. The number of amides is 2. The first-order valence-electron chi connectivity index (χ1n) is 4.31. The van der Waals surface area contributed by atoms with Gasteiger partial charge in [0.25, 0.3) is 0 Å². The lowest BCUT2D eigenvalue weighted by Crippen LogP contribution is -2.44. The highest BCUT2D eigenvalue weighted by Gasteiger charge is 2.10. The summed E-state index contributed by atoms with van der Waals surface area (Å²) < 4.78 is 0. The first kappa shape index (κ1) is 11.2. The topological polar surface area (TPSA) is 52.6 Å². The Morgan fingerprint density at radius 2 is 2.00 bits per heavy atom. The van der Waals surface area contributed by atoms with Crippen LogP contribution in [0.4, 0.5) is 4.79 Å². The highest BCUT2D eigenvalue weighted by Crippen LogP contribution is 1.89. The maximum atomic E-state index is 11.3. The van der Waals surface area contributed by atoms with Gasteiger partial charge < -0.3 is 15.3 Å². The molecule has 1 atom stereocenters. The van der Waals surface area contributed by atoms with Crippen molar-refractivity contribution < 1.29 is 9.90 Å². The summed E-state index contributed by atoms with van der Waals surface area (Å²) in [5.74, 6) is 0. The van der Waals surface area contributed by atoms with Gasteiger partial charge in [-0.15, -0.1) is 0 Å². The van der Waals surface area contributed by atoms with E-state index in [-0.39, 0.29) is 18.7 Å². The summed E-state index contributed by atoms with van der Waals surface area (Å²) in [6.45, 7) is 6.98. The van der Waals surface area contributed by atoms with Gasteiger partial charge in [0, 0.05) is 13.1 Å². The van der Waals surface area contributed by atoms with Crippen LogP contribution in [0.1, 0.15) is 20.8 Å². The van der Waals surface area contributed by atoms with Crippen LogP contribution in [0.25, 0.3) is 0 Å². The summed E-state index contributed by atoms with van der Waals surface area (Å²) in [4.78, 5) is 13.0. The molecular formula is C8H18N2O2. The number of rotatable bonds is 4. The van der Waals surface area contributed by atoms with E-state index in [2.05, 4.69) is 5.32 Å². The third-order valence-corrected chi connectivity index (χ3v) is 1.69. The van der Waals surface area contributed by atoms with E-state index in [4.69, 9.17) is 5.11 Å². The van der Waals surface area contributed by atoms with Crippen molar-refractivity contribution in [2.24, 2.45) is 0 Å². The Kier molecular flexibility index (Phi) is 5.45. The Morgan fingerprint density at radius 3 is 2.33 bits per heavy atom. The van der Waals surface area contributed by atoms with Gasteiger partial charge in [-0.25, -0.2) is 4.79 Å². The Bertz CT molecular complexity index is 135. The fourth-order valence-electron chi connectivity index (χ4n) is 0.859. The standard InChI is InChI=1S/C8H18N2O2/c1-4-10(5-2)8(12)9-7(3)6-11/h7,11H,4-6H2,1-3H3,(H,9,12)/t7-/m0/s1. The number of carbonyl (C=O) groups excluding carboxylic acids is 1. The second-order valence-electron chi connectivity index (χ2n) is 2.71. The maximum absolute atomic E-state index is 11.3. The van der Waals surface area contributed by atoms with E-state index in [0.29, 0.717) is 13.1 Å². The number of hydrogen-bond donors (Lipinski definition) is 2. The van der Waals surface area contributed by atoms with Crippen LogP contribution >= 0.6 is 0 Å². The molecule has 0 bridgehead atoms. The summed E-state index contributed by atoms with van der Waals surface area (Å²) >= 11 is 0. The van der Waals surface area contributed by atoms with Gasteiger partial charge in [-0.1, -0.05) is 0 Å². The summed E-state index contributed by atoms with van der Waals surface area (Å²) in [7, 11) is 0. The van der Waals surface area contributed by atoms with E-state index in [9.17, 15) is 4.79 Å². The molecule has 0 saturated carbocycles. The quantitative estimate of drug-likeness (QED) is 0.649. The second kappa shape index (κ2) is 5.83. The van der Waals surface area contributed by atoms with Crippen molar-refractivity contribution in [3.05, 3.63) is 0 Å². The van der Waals surface area contributed by atoms with E-state index < -0.39 is 0 Å². The fraction of sp³-hybridized carbons (Fsp3) is 0.875.